The second kappa shape index (κ2) is 11.9. The van der Waals surface area contributed by atoms with Crippen molar-refractivity contribution in [3.63, 3.8) is 0 Å². The summed E-state index contributed by atoms with van der Waals surface area (Å²) in [5, 5.41) is 2.81. The van der Waals surface area contributed by atoms with Crippen molar-refractivity contribution in [1.29, 1.82) is 0 Å². The topological polar surface area (TPSA) is 96.9 Å². The number of carbonyl (C=O) groups is 2. The fourth-order valence-corrected chi connectivity index (χ4v) is 4.14. The smallest absolute Gasteiger partial charge is 0.275 e. The number of nitrogens with zero attached hydrogens (tertiary/aromatic N) is 4. The Morgan fingerprint density at radius 1 is 1.26 bits per heavy atom. The molecule has 9 heteroatoms. The van der Waals surface area contributed by atoms with Crippen LogP contribution in [0.15, 0.2) is 36.8 Å². The number of ether oxygens (including phenoxy) is 2. The Balaban J connectivity index is 1.91. The lowest BCUT2D eigenvalue weighted by atomic mass is 10.0. The minimum Gasteiger partial charge on any atom is -0.491 e. The van der Waals surface area contributed by atoms with Gasteiger partial charge < -0.3 is 19.7 Å². The van der Waals surface area contributed by atoms with Crippen molar-refractivity contribution in [2.24, 2.45) is 5.92 Å². The predicted octanol–water partition coefficient (Wildman–Crippen LogP) is 2.94. The van der Waals surface area contributed by atoms with Crippen molar-refractivity contribution in [3.8, 4) is 5.75 Å². The van der Waals surface area contributed by atoms with Gasteiger partial charge >= 0.3 is 0 Å². The monoisotopic (exact) mass is 469 g/mol. The number of carbonyl (C=O) groups excluding carboxylic acids is 2. The first-order valence-corrected chi connectivity index (χ1v) is 11.7. The molecule has 1 aromatic carbocycles. The largest absolute Gasteiger partial charge is 0.491 e. The van der Waals surface area contributed by atoms with Crippen LogP contribution in [0.2, 0.25) is 0 Å². The second-order valence-corrected chi connectivity index (χ2v) is 8.85. The van der Waals surface area contributed by atoms with Gasteiger partial charge in [0.25, 0.3) is 11.8 Å². The van der Waals surface area contributed by atoms with Crippen LogP contribution in [0.4, 0.5) is 5.69 Å². The molecule has 9 nitrogen and oxygen atoms in total. The highest BCUT2D eigenvalue weighted by atomic mass is 16.5. The van der Waals surface area contributed by atoms with Crippen molar-refractivity contribution in [2.75, 3.05) is 45.7 Å². The summed E-state index contributed by atoms with van der Waals surface area (Å²) in [6.07, 6.45) is 5.31. The molecule has 0 bridgehead atoms. The molecular formula is C25H35N5O4. The van der Waals surface area contributed by atoms with Crippen molar-refractivity contribution in [1.82, 2.24) is 19.8 Å². The van der Waals surface area contributed by atoms with Gasteiger partial charge in [0, 0.05) is 57.4 Å². The van der Waals surface area contributed by atoms with E-state index in [0.717, 1.165) is 19.5 Å². The van der Waals surface area contributed by atoms with Gasteiger partial charge in [0.15, 0.2) is 0 Å². The minimum atomic E-state index is -0.385. The van der Waals surface area contributed by atoms with E-state index in [1.165, 1.54) is 18.6 Å². The molecule has 0 saturated heterocycles. The number of anilines is 1. The standard InChI is InChI=1S/C25H35N5O4/c1-6-11-30-14-17(2)23(33-5)15-29(4)25(32)20-8-7-19(12-22(20)34-16-18(30)3)28-24(31)21-13-26-9-10-27-21/h7-10,12-13,17-18,23H,6,11,14-16H2,1-5H3,(H,28,31)/t17-,18+,23-/m0/s1. The van der Waals surface area contributed by atoms with E-state index in [1.54, 1.807) is 37.3 Å². The predicted molar refractivity (Wildman–Crippen MR) is 130 cm³/mol. The Kier molecular flexibility index (Phi) is 8.95. The normalized spacial score (nSPS) is 22.2. The summed E-state index contributed by atoms with van der Waals surface area (Å²) in [7, 11) is 3.47. The second-order valence-electron chi connectivity index (χ2n) is 8.85. The molecule has 0 aliphatic carbocycles. The lowest BCUT2D eigenvalue weighted by molar-refractivity contribution is 0.0108. The third-order valence-electron chi connectivity index (χ3n) is 6.14. The number of fused-ring (bicyclic) bond motifs is 1. The zero-order valence-electron chi connectivity index (χ0n) is 20.7. The van der Waals surface area contributed by atoms with Crippen LogP contribution in [0.3, 0.4) is 0 Å². The van der Waals surface area contributed by atoms with Crippen molar-refractivity contribution >= 4 is 17.5 Å². The maximum Gasteiger partial charge on any atom is 0.275 e. The highest BCUT2D eigenvalue weighted by Gasteiger charge is 2.28. The first-order valence-electron chi connectivity index (χ1n) is 11.7. The summed E-state index contributed by atoms with van der Waals surface area (Å²) in [6, 6.07) is 5.20. The number of nitrogens with one attached hydrogen (secondary N) is 1. The first kappa shape index (κ1) is 25.6. The molecule has 1 aromatic heterocycles. The lowest BCUT2D eigenvalue weighted by Gasteiger charge is -2.35. The van der Waals surface area contributed by atoms with E-state index in [1.807, 2.05) is 0 Å². The molecule has 2 aromatic rings. The molecule has 0 unspecified atom stereocenters. The Labute approximate surface area is 201 Å². The molecular weight excluding hydrogens is 434 g/mol. The van der Waals surface area contributed by atoms with Crippen LogP contribution in [0.5, 0.6) is 5.75 Å². The summed E-state index contributed by atoms with van der Waals surface area (Å²) >= 11 is 0. The average molecular weight is 470 g/mol. The van der Waals surface area contributed by atoms with Gasteiger partial charge in [-0.05, 0) is 37.9 Å². The number of rotatable bonds is 5. The molecule has 0 fully saturated rings. The van der Waals surface area contributed by atoms with Gasteiger partial charge in [-0.1, -0.05) is 13.8 Å². The van der Waals surface area contributed by atoms with Crippen LogP contribution in [0.25, 0.3) is 0 Å². The Hall–Kier alpha value is -3.04. The van der Waals surface area contributed by atoms with Crippen molar-refractivity contribution < 1.29 is 19.1 Å². The van der Waals surface area contributed by atoms with Gasteiger partial charge in [-0.25, -0.2) is 4.98 Å². The van der Waals surface area contributed by atoms with E-state index in [4.69, 9.17) is 9.47 Å². The first-order chi connectivity index (χ1) is 16.3. The summed E-state index contributed by atoms with van der Waals surface area (Å²) < 4.78 is 12.0. The summed E-state index contributed by atoms with van der Waals surface area (Å²) in [6.45, 7) is 9.13. The molecule has 3 atom stereocenters. The number of aromatic nitrogens is 2. The SMILES string of the molecule is CCCN1C[C@H](C)[C@@H](OC)CN(C)C(=O)c2ccc(NC(=O)c3cnccn3)cc2OC[C@H]1C. The number of likely N-dealkylation sites (N-methyl/N-ethyl adjacent to an activating group) is 1. The van der Waals surface area contributed by atoms with E-state index in [0.29, 0.717) is 30.2 Å². The highest BCUT2D eigenvalue weighted by Crippen LogP contribution is 2.27. The van der Waals surface area contributed by atoms with E-state index in [9.17, 15) is 9.59 Å². The van der Waals surface area contributed by atoms with Gasteiger partial charge in [-0.15, -0.1) is 0 Å². The van der Waals surface area contributed by atoms with E-state index < -0.39 is 0 Å². The lowest BCUT2D eigenvalue weighted by Crippen LogP contribution is -2.46. The van der Waals surface area contributed by atoms with Crippen LogP contribution in [-0.2, 0) is 4.74 Å². The van der Waals surface area contributed by atoms with Crippen LogP contribution in [0.1, 0.15) is 48.0 Å². The molecule has 0 radical (unpaired) electrons. The van der Waals surface area contributed by atoms with Crippen LogP contribution in [-0.4, -0.2) is 84.1 Å². The Morgan fingerprint density at radius 2 is 2.06 bits per heavy atom. The molecule has 1 N–H and O–H groups in total. The highest BCUT2D eigenvalue weighted by molar-refractivity contribution is 6.03. The van der Waals surface area contributed by atoms with E-state index in [-0.39, 0.29) is 35.6 Å². The maximum atomic E-state index is 13.3. The summed E-state index contributed by atoms with van der Waals surface area (Å²) in [5.74, 6) is 0.130. The van der Waals surface area contributed by atoms with Crippen molar-refractivity contribution in [3.05, 3.63) is 48.0 Å². The van der Waals surface area contributed by atoms with Gasteiger partial charge in [0.05, 0.1) is 17.9 Å². The number of amides is 2. The molecule has 0 saturated carbocycles. The minimum absolute atomic E-state index is 0.0881. The van der Waals surface area contributed by atoms with Crippen LogP contribution >= 0.6 is 0 Å². The quantitative estimate of drug-likeness (QED) is 0.719. The molecule has 34 heavy (non-hydrogen) atoms. The van der Waals surface area contributed by atoms with E-state index in [2.05, 4.69) is 41.0 Å². The number of benzene rings is 1. The molecule has 3 rings (SSSR count). The van der Waals surface area contributed by atoms with Gasteiger partial charge in [0.2, 0.25) is 0 Å². The van der Waals surface area contributed by atoms with Crippen LogP contribution in [0, 0.1) is 5.92 Å². The molecule has 1 aliphatic rings. The number of hydrogen-bond donors (Lipinski definition) is 1. The molecule has 1 aliphatic heterocycles. The number of hydrogen-bond acceptors (Lipinski definition) is 7. The molecule has 2 amide bonds. The summed E-state index contributed by atoms with van der Waals surface area (Å²) in [4.78, 5) is 37.8. The third kappa shape index (κ3) is 6.30. The number of methoxy groups -OCH3 is 1. The zero-order valence-corrected chi connectivity index (χ0v) is 20.7. The molecule has 2 heterocycles. The van der Waals surface area contributed by atoms with Gasteiger partial charge in [-0.3, -0.25) is 19.5 Å². The Morgan fingerprint density at radius 3 is 2.74 bits per heavy atom. The zero-order chi connectivity index (χ0) is 24.7. The van der Waals surface area contributed by atoms with Crippen LogP contribution < -0.4 is 10.1 Å². The van der Waals surface area contributed by atoms with Gasteiger partial charge in [0.1, 0.15) is 18.1 Å². The van der Waals surface area contributed by atoms with E-state index >= 15 is 0 Å². The Bertz CT molecular complexity index is 971. The average Bonchev–Trinajstić information content (AvgIpc) is 2.84. The third-order valence-corrected chi connectivity index (χ3v) is 6.14. The van der Waals surface area contributed by atoms with Gasteiger partial charge in [-0.2, -0.15) is 0 Å². The summed E-state index contributed by atoms with van der Waals surface area (Å²) in [5.41, 5.74) is 1.16. The fourth-order valence-electron chi connectivity index (χ4n) is 4.14. The molecule has 0 spiro atoms. The maximum absolute atomic E-state index is 13.3. The van der Waals surface area contributed by atoms with Crippen molar-refractivity contribution in [2.45, 2.75) is 39.3 Å². The fraction of sp³-hybridized carbons (Fsp3) is 0.520. The molecule has 184 valence electrons.